The van der Waals surface area contributed by atoms with Crippen LogP contribution in [0.15, 0.2) is 0 Å². The molecule has 2 N–H and O–H groups in total. The summed E-state index contributed by atoms with van der Waals surface area (Å²) in [5, 5.41) is 5.67. The Morgan fingerprint density at radius 1 is 0.707 bits per heavy atom. The number of esters is 1. The second-order valence-electron chi connectivity index (χ2n) is 12.8. The molecule has 1 heterocycles. The van der Waals surface area contributed by atoms with Crippen LogP contribution in [0.1, 0.15) is 150 Å². The van der Waals surface area contributed by atoms with Crippen LogP contribution >= 0.6 is 0 Å². The molecule has 0 aromatic heterocycles. The number of rotatable bonds is 24. The monoisotopic (exact) mass is 582 g/mol. The Labute approximate surface area is 250 Å². The molecule has 1 aliphatic heterocycles. The Hall–Kier alpha value is -1.67. The molecule has 0 radical (unpaired) electrons. The maximum atomic E-state index is 12.6. The highest BCUT2D eigenvalue weighted by Gasteiger charge is 2.45. The lowest BCUT2D eigenvalue weighted by atomic mass is 9.85. The summed E-state index contributed by atoms with van der Waals surface area (Å²) in [5.74, 6) is -1.38. The van der Waals surface area contributed by atoms with Crippen molar-refractivity contribution in [1.82, 2.24) is 10.6 Å². The summed E-state index contributed by atoms with van der Waals surface area (Å²) in [6.45, 7) is 11.0. The van der Waals surface area contributed by atoms with E-state index in [9.17, 15) is 14.4 Å². The van der Waals surface area contributed by atoms with E-state index < -0.39 is 17.3 Å². The van der Waals surface area contributed by atoms with E-state index in [2.05, 4.69) is 17.6 Å². The Morgan fingerprint density at radius 3 is 1.80 bits per heavy atom. The van der Waals surface area contributed by atoms with Crippen molar-refractivity contribution in [3.8, 4) is 0 Å². The molecule has 41 heavy (non-hydrogen) atoms. The number of amides is 2. The van der Waals surface area contributed by atoms with E-state index in [1.54, 1.807) is 13.8 Å². The lowest BCUT2D eigenvalue weighted by molar-refractivity contribution is -0.304. The Morgan fingerprint density at radius 2 is 1.24 bits per heavy atom. The second-order valence-corrected chi connectivity index (χ2v) is 12.8. The van der Waals surface area contributed by atoms with Gasteiger partial charge in [-0.3, -0.25) is 14.4 Å². The maximum Gasteiger partial charge on any atom is 0.307 e. The standard InChI is InChI=1S/C33H62N2O6/c1-6-7-8-9-10-11-12-13-14-15-16-17-18-19-20-22-28(36)34-24-21-26-39-29(37)23-25-35-31(38)30-32(2,3)27-40-33(4,5)41-30/h30H,6-27H2,1-5H3,(H,34,36)(H,35,38). The predicted octanol–water partition coefficient (Wildman–Crippen LogP) is 6.98. The Balaban J connectivity index is 1.90. The van der Waals surface area contributed by atoms with Crippen LogP contribution in [0.2, 0.25) is 0 Å². The summed E-state index contributed by atoms with van der Waals surface area (Å²) in [6, 6.07) is 0. The van der Waals surface area contributed by atoms with E-state index in [1.165, 1.54) is 83.5 Å². The molecule has 1 saturated heterocycles. The fourth-order valence-corrected chi connectivity index (χ4v) is 5.01. The predicted molar refractivity (Wildman–Crippen MR) is 164 cm³/mol. The van der Waals surface area contributed by atoms with Gasteiger partial charge in [-0.05, 0) is 26.7 Å². The third-order valence-electron chi connectivity index (χ3n) is 7.68. The van der Waals surface area contributed by atoms with Gasteiger partial charge in [0.25, 0.3) is 0 Å². The average molecular weight is 583 g/mol. The van der Waals surface area contributed by atoms with E-state index in [4.69, 9.17) is 14.2 Å². The molecule has 1 rings (SSSR count). The van der Waals surface area contributed by atoms with Gasteiger partial charge in [0, 0.05) is 24.9 Å². The van der Waals surface area contributed by atoms with Crippen LogP contribution in [0.5, 0.6) is 0 Å². The van der Waals surface area contributed by atoms with Crippen molar-refractivity contribution in [2.75, 3.05) is 26.3 Å². The third kappa shape index (κ3) is 19.2. The summed E-state index contributed by atoms with van der Waals surface area (Å²) in [4.78, 5) is 36.6. The average Bonchev–Trinajstić information content (AvgIpc) is 2.92. The van der Waals surface area contributed by atoms with Gasteiger partial charge in [0.1, 0.15) is 6.10 Å². The van der Waals surface area contributed by atoms with Gasteiger partial charge >= 0.3 is 5.97 Å². The first kappa shape index (κ1) is 37.4. The molecular weight excluding hydrogens is 520 g/mol. The van der Waals surface area contributed by atoms with Gasteiger partial charge in [0.05, 0.1) is 19.6 Å². The third-order valence-corrected chi connectivity index (χ3v) is 7.68. The van der Waals surface area contributed by atoms with Crippen molar-refractivity contribution in [2.24, 2.45) is 5.41 Å². The molecule has 0 aromatic rings. The molecular formula is C33H62N2O6. The Kier molecular flexibility index (Phi) is 20.0. The molecule has 1 unspecified atom stereocenters. The number of hydrogen-bond acceptors (Lipinski definition) is 6. The normalized spacial score (nSPS) is 17.6. The van der Waals surface area contributed by atoms with Crippen LogP contribution in [0.25, 0.3) is 0 Å². The highest BCUT2D eigenvalue weighted by atomic mass is 16.7. The number of nitrogens with one attached hydrogen (secondary N) is 2. The molecule has 0 bridgehead atoms. The van der Waals surface area contributed by atoms with Gasteiger partial charge < -0.3 is 24.8 Å². The van der Waals surface area contributed by atoms with Gasteiger partial charge in [-0.1, -0.05) is 111 Å². The maximum absolute atomic E-state index is 12.6. The van der Waals surface area contributed by atoms with Crippen LogP contribution in [0, 0.1) is 5.41 Å². The van der Waals surface area contributed by atoms with Gasteiger partial charge in [-0.25, -0.2) is 0 Å². The lowest BCUT2D eigenvalue weighted by Gasteiger charge is -2.44. The van der Waals surface area contributed by atoms with Gasteiger partial charge in [-0.15, -0.1) is 0 Å². The molecule has 2 amide bonds. The molecule has 0 spiro atoms. The number of unbranched alkanes of at least 4 members (excludes halogenated alkanes) is 14. The van der Waals surface area contributed by atoms with Crippen LogP contribution in [0.4, 0.5) is 0 Å². The van der Waals surface area contributed by atoms with Crippen molar-refractivity contribution < 1.29 is 28.6 Å². The number of ether oxygens (including phenoxy) is 3. The molecule has 240 valence electrons. The molecule has 0 saturated carbocycles. The second kappa shape index (κ2) is 21.9. The van der Waals surface area contributed by atoms with Gasteiger partial charge in [0.2, 0.25) is 11.8 Å². The minimum Gasteiger partial charge on any atom is -0.466 e. The minimum atomic E-state index is -0.822. The quantitative estimate of drug-likeness (QED) is 0.0940. The highest BCUT2D eigenvalue weighted by molar-refractivity contribution is 5.82. The summed E-state index contributed by atoms with van der Waals surface area (Å²) in [7, 11) is 0. The van der Waals surface area contributed by atoms with Crippen molar-refractivity contribution >= 4 is 17.8 Å². The fourth-order valence-electron chi connectivity index (χ4n) is 5.01. The molecule has 1 aliphatic rings. The first-order chi connectivity index (χ1) is 19.6. The summed E-state index contributed by atoms with van der Waals surface area (Å²) < 4.78 is 16.7. The van der Waals surface area contributed by atoms with Crippen molar-refractivity contribution in [1.29, 1.82) is 0 Å². The minimum absolute atomic E-state index is 0.0650. The molecule has 8 nitrogen and oxygen atoms in total. The van der Waals surface area contributed by atoms with Crippen molar-refractivity contribution in [3.63, 3.8) is 0 Å². The van der Waals surface area contributed by atoms with E-state index in [0.29, 0.717) is 26.0 Å². The largest absolute Gasteiger partial charge is 0.466 e. The zero-order valence-electron chi connectivity index (χ0n) is 27.1. The van der Waals surface area contributed by atoms with E-state index in [0.717, 1.165) is 12.8 Å². The first-order valence-electron chi connectivity index (χ1n) is 16.6. The summed E-state index contributed by atoms with van der Waals surface area (Å²) >= 11 is 0. The number of carbonyl (C=O) groups is 3. The van der Waals surface area contributed by atoms with Crippen LogP contribution < -0.4 is 10.6 Å². The Bertz CT molecular complexity index is 725. The van der Waals surface area contributed by atoms with Crippen LogP contribution in [-0.2, 0) is 28.6 Å². The number of carbonyl (C=O) groups excluding carboxylic acids is 3. The lowest BCUT2D eigenvalue weighted by Crippen LogP contribution is -2.56. The molecule has 0 aliphatic carbocycles. The zero-order valence-corrected chi connectivity index (χ0v) is 27.1. The number of hydrogen-bond donors (Lipinski definition) is 2. The van der Waals surface area contributed by atoms with Gasteiger partial charge in [0.15, 0.2) is 5.79 Å². The first-order valence-corrected chi connectivity index (χ1v) is 16.6. The SMILES string of the molecule is CCCCCCCCCCCCCCCCCC(=O)NCCCOC(=O)CCNC(=O)C1OC(C)(C)OCC1(C)C. The molecule has 1 fully saturated rings. The van der Waals surface area contributed by atoms with E-state index in [-0.39, 0.29) is 37.4 Å². The van der Waals surface area contributed by atoms with Crippen LogP contribution in [0.3, 0.4) is 0 Å². The molecule has 1 atom stereocenters. The smallest absolute Gasteiger partial charge is 0.307 e. The van der Waals surface area contributed by atoms with E-state index in [1.807, 2.05) is 13.8 Å². The van der Waals surface area contributed by atoms with Crippen LogP contribution in [-0.4, -0.2) is 56.0 Å². The molecule has 8 heteroatoms. The summed E-state index contributed by atoms with van der Waals surface area (Å²) in [6.07, 6.45) is 20.2. The molecule has 0 aromatic carbocycles. The summed E-state index contributed by atoms with van der Waals surface area (Å²) in [5.41, 5.74) is -0.462. The zero-order chi connectivity index (χ0) is 30.4. The van der Waals surface area contributed by atoms with Crippen molar-refractivity contribution in [2.45, 2.75) is 162 Å². The fraction of sp³-hybridized carbons (Fsp3) is 0.909. The topological polar surface area (TPSA) is 103 Å². The highest BCUT2D eigenvalue weighted by Crippen LogP contribution is 2.34. The van der Waals surface area contributed by atoms with Crippen molar-refractivity contribution in [3.05, 3.63) is 0 Å². The van der Waals surface area contributed by atoms with Gasteiger partial charge in [-0.2, -0.15) is 0 Å². The van der Waals surface area contributed by atoms with E-state index >= 15 is 0 Å².